The van der Waals surface area contributed by atoms with Crippen molar-refractivity contribution < 1.29 is 0 Å². The maximum absolute atomic E-state index is 4.58. The average Bonchev–Trinajstić information content (AvgIpc) is 2.09. The van der Waals surface area contributed by atoms with E-state index in [1.807, 2.05) is 11.8 Å². The molecule has 0 aromatic heterocycles. The molecule has 0 saturated carbocycles. The lowest BCUT2D eigenvalue weighted by Gasteiger charge is -2.31. The molecule has 1 aliphatic heterocycles. The highest BCUT2D eigenvalue weighted by Gasteiger charge is 2.18. The molecule has 0 aromatic rings. The van der Waals surface area contributed by atoms with Crippen LogP contribution in [-0.4, -0.2) is 42.2 Å². The number of hydrogen-bond donors (Lipinski definition) is 0. The van der Waals surface area contributed by atoms with Gasteiger partial charge >= 0.3 is 0 Å². The monoisotopic (exact) mass is 173 g/mol. The molecular weight excluding hydrogens is 156 g/mol. The van der Waals surface area contributed by atoms with Gasteiger partial charge in [0.05, 0.1) is 6.17 Å². The van der Waals surface area contributed by atoms with Crippen LogP contribution in [0.15, 0.2) is 0 Å². The zero-order valence-electron chi connectivity index (χ0n) is 7.42. The summed E-state index contributed by atoms with van der Waals surface area (Å²) in [4.78, 5) is 2.42. The van der Waals surface area contributed by atoms with Gasteiger partial charge in [-0.15, -0.1) is 0 Å². The summed E-state index contributed by atoms with van der Waals surface area (Å²) in [5.41, 5.74) is 0. The van der Waals surface area contributed by atoms with Crippen molar-refractivity contribution in [1.82, 2.24) is 10.2 Å². The molecule has 1 rings (SSSR count). The first-order valence-electron chi connectivity index (χ1n) is 4.36. The molecule has 0 amide bonds. The predicted molar refractivity (Wildman–Crippen MR) is 51.0 cm³/mol. The van der Waals surface area contributed by atoms with Crippen LogP contribution in [0.25, 0.3) is 0 Å². The molecule has 0 aliphatic carbocycles. The first kappa shape index (κ1) is 9.36. The fourth-order valence-corrected chi connectivity index (χ4v) is 2.30. The molecule has 11 heavy (non-hydrogen) atoms. The molecule has 3 heteroatoms. The second-order valence-electron chi connectivity index (χ2n) is 2.68. The second kappa shape index (κ2) is 5.01. The van der Waals surface area contributed by atoms with Crippen LogP contribution in [0.2, 0.25) is 0 Å². The largest absolute Gasteiger partial charge is 0.287 e. The molecule has 1 unspecified atom stereocenters. The Hall–Kier alpha value is 0.270. The Morgan fingerprint density at radius 2 is 2.18 bits per heavy atom. The van der Waals surface area contributed by atoms with Crippen molar-refractivity contribution in [2.45, 2.75) is 20.0 Å². The van der Waals surface area contributed by atoms with E-state index >= 15 is 0 Å². The van der Waals surface area contributed by atoms with Gasteiger partial charge in [0.1, 0.15) is 0 Å². The minimum absolute atomic E-state index is 0.503. The number of hydrogen-bond acceptors (Lipinski definition) is 2. The second-order valence-corrected chi connectivity index (χ2v) is 3.83. The molecule has 0 bridgehead atoms. The van der Waals surface area contributed by atoms with E-state index in [4.69, 9.17) is 0 Å². The molecule has 1 aliphatic rings. The van der Waals surface area contributed by atoms with Gasteiger partial charge in [-0.3, -0.25) is 4.90 Å². The lowest BCUT2D eigenvalue weighted by Crippen LogP contribution is -2.46. The average molecular weight is 173 g/mol. The van der Waals surface area contributed by atoms with Crippen LogP contribution >= 0.6 is 11.8 Å². The van der Waals surface area contributed by atoms with E-state index in [0.717, 1.165) is 19.6 Å². The van der Waals surface area contributed by atoms with E-state index in [1.165, 1.54) is 11.5 Å². The Bertz CT molecular complexity index is 98.3. The van der Waals surface area contributed by atoms with Crippen LogP contribution in [0.3, 0.4) is 0 Å². The third-order valence-electron chi connectivity index (χ3n) is 2.08. The minimum Gasteiger partial charge on any atom is -0.287 e. The van der Waals surface area contributed by atoms with E-state index in [0.29, 0.717) is 6.17 Å². The van der Waals surface area contributed by atoms with Crippen molar-refractivity contribution in [3.63, 3.8) is 0 Å². The first-order chi connectivity index (χ1) is 5.38. The van der Waals surface area contributed by atoms with Gasteiger partial charge < -0.3 is 0 Å². The molecule has 0 spiro atoms. The van der Waals surface area contributed by atoms with E-state index in [2.05, 4.69) is 24.1 Å². The van der Waals surface area contributed by atoms with Gasteiger partial charge in [-0.2, -0.15) is 11.8 Å². The zero-order chi connectivity index (χ0) is 8.10. The number of thioether (sulfide) groups is 1. The highest BCUT2D eigenvalue weighted by Crippen LogP contribution is 2.11. The van der Waals surface area contributed by atoms with Crippen LogP contribution in [0.1, 0.15) is 13.8 Å². The normalized spacial score (nSPS) is 25.9. The zero-order valence-corrected chi connectivity index (χ0v) is 8.23. The summed E-state index contributed by atoms with van der Waals surface area (Å²) in [6, 6.07) is 0. The van der Waals surface area contributed by atoms with Gasteiger partial charge in [0.25, 0.3) is 0 Å². The molecule has 1 radical (unpaired) electrons. The predicted octanol–water partition coefficient (Wildman–Crippen LogP) is 1.01. The van der Waals surface area contributed by atoms with Gasteiger partial charge in [0.2, 0.25) is 0 Å². The molecule has 2 nitrogen and oxygen atoms in total. The Balaban J connectivity index is 2.30. The fourth-order valence-electron chi connectivity index (χ4n) is 1.37. The summed E-state index contributed by atoms with van der Waals surface area (Å²) in [7, 11) is 0. The van der Waals surface area contributed by atoms with Crippen LogP contribution in [0.5, 0.6) is 0 Å². The molecule has 1 heterocycles. The van der Waals surface area contributed by atoms with E-state index < -0.39 is 0 Å². The van der Waals surface area contributed by atoms with E-state index in [9.17, 15) is 0 Å². The van der Waals surface area contributed by atoms with Crippen LogP contribution < -0.4 is 5.32 Å². The third-order valence-corrected chi connectivity index (χ3v) is 3.08. The smallest absolute Gasteiger partial charge is 0.0852 e. The Kier molecular flexibility index (Phi) is 4.26. The highest BCUT2D eigenvalue weighted by molar-refractivity contribution is 7.99. The Labute approximate surface area is 73.7 Å². The van der Waals surface area contributed by atoms with Crippen molar-refractivity contribution in [2.75, 3.05) is 31.1 Å². The van der Waals surface area contributed by atoms with Gasteiger partial charge in [-0.25, -0.2) is 5.32 Å². The van der Waals surface area contributed by atoms with Gasteiger partial charge in [-0.1, -0.05) is 13.8 Å². The van der Waals surface area contributed by atoms with Crippen LogP contribution in [-0.2, 0) is 0 Å². The van der Waals surface area contributed by atoms with Crippen molar-refractivity contribution in [1.29, 1.82) is 0 Å². The van der Waals surface area contributed by atoms with Crippen molar-refractivity contribution in [3.8, 4) is 0 Å². The lowest BCUT2D eigenvalue weighted by molar-refractivity contribution is 0.197. The Morgan fingerprint density at radius 3 is 2.64 bits per heavy atom. The molecule has 1 fully saturated rings. The summed E-state index contributed by atoms with van der Waals surface area (Å²) in [6.07, 6.45) is 0.503. The molecule has 1 atom stereocenters. The molecule has 0 aromatic carbocycles. The summed E-state index contributed by atoms with van der Waals surface area (Å²) < 4.78 is 0. The van der Waals surface area contributed by atoms with Gasteiger partial charge in [-0.05, 0) is 13.1 Å². The SMILES string of the molecule is CCN(CC)C1CSCC[N]1. The highest BCUT2D eigenvalue weighted by atomic mass is 32.2. The van der Waals surface area contributed by atoms with Gasteiger partial charge in [0.15, 0.2) is 0 Å². The fraction of sp³-hybridized carbons (Fsp3) is 1.00. The Morgan fingerprint density at radius 1 is 1.45 bits per heavy atom. The summed E-state index contributed by atoms with van der Waals surface area (Å²) in [6.45, 7) is 7.72. The maximum atomic E-state index is 4.58. The maximum Gasteiger partial charge on any atom is 0.0852 e. The minimum atomic E-state index is 0.503. The van der Waals surface area contributed by atoms with E-state index in [1.54, 1.807) is 0 Å². The summed E-state index contributed by atoms with van der Waals surface area (Å²) >= 11 is 2.03. The summed E-state index contributed by atoms with van der Waals surface area (Å²) in [5.74, 6) is 2.42. The van der Waals surface area contributed by atoms with Crippen LogP contribution in [0, 0.1) is 0 Å². The lowest BCUT2D eigenvalue weighted by atomic mass is 10.4. The molecular formula is C8H17N2S. The molecule has 65 valence electrons. The topological polar surface area (TPSA) is 17.3 Å². The van der Waals surface area contributed by atoms with Crippen molar-refractivity contribution in [3.05, 3.63) is 0 Å². The van der Waals surface area contributed by atoms with Crippen molar-refractivity contribution in [2.24, 2.45) is 0 Å². The van der Waals surface area contributed by atoms with Crippen LogP contribution in [0.4, 0.5) is 0 Å². The molecule has 0 N–H and O–H groups in total. The summed E-state index contributed by atoms with van der Waals surface area (Å²) in [5, 5.41) is 4.58. The number of rotatable bonds is 3. The standard InChI is InChI=1S/C8H17N2S/c1-3-10(4-2)8-7-11-6-5-9-8/h8H,3-7H2,1-2H3. The third kappa shape index (κ3) is 2.65. The molecule has 1 saturated heterocycles. The quantitative estimate of drug-likeness (QED) is 0.633. The first-order valence-corrected chi connectivity index (χ1v) is 5.52. The van der Waals surface area contributed by atoms with Crippen molar-refractivity contribution >= 4 is 11.8 Å². The number of nitrogens with zero attached hydrogens (tertiary/aromatic N) is 2. The van der Waals surface area contributed by atoms with Gasteiger partial charge in [0, 0.05) is 18.1 Å². The van der Waals surface area contributed by atoms with E-state index in [-0.39, 0.29) is 0 Å².